The quantitative estimate of drug-likeness (QED) is 0.742. The maximum atomic E-state index is 12.3. The smallest absolute Gasteiger partial charge is 0.416 e. The van der Waals surface area contributed by atoms with Crippen LogP contribution >= 0.6 is 22.6 Å². The second-order valence-corrected chi connectivity index (χ2v) is 4.47. The second kappa shape index (κ2) is 4.59. The summed E-state index contributed by atoms with van der Waals surface area (Å²) in [6.07, 6.45) is -4.34. The molecular weight excluding hydrogens is 320 g/mol. The molecular formula is C10H10F3IO. The van der Waals surface area contributed by atoms with Crippen molar-refractivity contribution in [3.05, 3.63) is 27.3 Å². The van der Waals surface area contributed by atoms with Crippen molar-refractivity contribution in [2.75, 3.05) is 0 Å². The van der Waals surface area contributed by atoms with Gasteiger partial charge in [0.25, 0.3) is 0 Å². The maximum Gasteiger partial charge on any atom is 0.416 e. The van der Waals surface area contributed by atoms with Gasteiger partial charge in [-0.25, -0.2) is 0 Å². The highest BCUT2D eigenvalue weighted by Gasteiger charge is 2.30. The summed E-state index contributed by atoms with van der Waals surface area (Å²) >= 11 is 1.83. The lowest BCUT2D eigenvalue weighted by Crippen LogP contribution is -2.09. The van der Waals surface area contributed by atoms with Gasteiger partial charge in [-0.15, -0.1) is 0 Å². The molecule has 0 spiro atoms. The highest BCUT2D eigenvalue weighted by atomic mass is 127. The molecule has 1 nitrogen and oxygen atoms in total. The fourth-order valence-corrected chi connectivity index (χ4v) is 1.67. The lowest BCUT2D eigenvalue weighted by Gasteiger charge is -2.13. The van der Waals surface area contributed by atoms with Crippen LogP contribution in [0.5, 0.6) is 5.75 Å². The molecule has 84 valence electrons. The third-order valence-electron chi connectivity index (χ3n) is 1.62. The van der Waals surface area contributed by atoms with Crippen molar-refractivity contribution in [1.82, 2.24) is 0 Å². The fourth-order valence-electron chi connectivity index (χ4n) is 1.03. The normalized spacial score (nSPS) is 11.9. The van der Waals surface area contributed by atoms with E-state index in [0.29, 0.717) is 9.32 Å². The SMILES string of the molecule is CC(C)Oc1ccc(C(F)(F)F)cc1I. The van der Waals surface area contributed by atoms with Crippen molar-refractivity contribution in [2.45, 2.75) is 26.1 Å². The van der Waals surface area contributed by atoms with Crippen molar-refractivity contribution in [3.8, 4) is 5.75 Å². The largest absolute Gasteiger partial charge is 0.490 e. The Bertz CT molecular complexity index is 347. The molecule has 0 saturated carbocycles. The molecule has 0 bridgehead atoms. The fraction of sp³-hybridized carbons (Fsp3) is 0.400. The molecule has 0 aromatic heterocycles. The zero-order valence-electron chi connectivity index (χ0n) is 8.23. The number of hydrogen-bond acceptors (Lipinski definition) is 1. The first kappa shape index (κ1) is 12.6. The maximum absolute atomic E-state index is 12.3. The first-order chi connectivity index (χ1) is 6.80. The molecule has 0 aliphatic rings. The molecule has 0 radical (unpaired) electrons. The molecule has 0 aliphatic carbocycles. The first-order valence-corrected chi connectivity index (χ1v) is 5.42. The molecule has 15 heavy (non-hydrogen) atoms. The van der Waals surface area contributed by atoms with E-state index in [4.69, 9.17) is 4.74 Å². The van der Waals surface area contributed by atoms with Crippen molar-refractivity contribution in [3.63, 3.8) is 0 Å². The summed E-state index contributed by atoms with van der Waals surface area (Å²) in [6, 6.07) is 3.46. The van der Waals surface area contributed by atoms with E-state index in [9.17, 15) is 13.2 Å². The molecule has 5 heteroatoms. The Morgan fingerprint density at radius 3 is 2.27 bits per heavy atom. The highest BCUT2D eigenvalue weighted by Crippen LogP contribution is 2.33. The van der Waals surface area contributed by atoms with Gasteiger partial charge in [-0.05, 0) is 54.6 Å². The van der Waals surface area contributed by atoms with E-state index >= 15 is 0 Å². The van der Waals surface area contributed by atoms with E-state index in [1.807, 2.05) is 36.4 Å². The number of halogens is 4. The van der Waals surface area contributed by atoms with Crippen molar-refractivity contribution in [2.24, 2.45) is 0 Å². The Hall–Kier alpha value is -0.460. The van der Waals surface area contributed by atoms with Gasteiger partial charge in [0.05, 0.1) is 15.2 Å². The van der Waals surface area contributed by atoms with Crippen LogP contribution in [0.4, 0.5) is 13.2 Å². The van der Waals surface area contributed by atoms with E-state index < -0.39 is 11.7 Å². The molecule has 0 N–H and O–H groups in total. The third-order valence-corrected chi connectivity index (χ3v) is 2.46. The van der Waals surface area contributed by atoms with Gasteiger partial charge in [0, 0.05) is 0 Å². The van der Waals surface area contributed by atoms with Crippen LogP contribution in [-0.4, -0.2) is 6.10 Å². The predicted molar refractivity (Wildman–Crippen MR) is 59.9 cm³/mol. The van der Waals surface area contributed by atoms with Gasteiger partial charge in [0.1, 0.15) is 5.75 Å². The second-order valence-electron chi connectivity index (χ2n) is 3.31. The minimum Gasteiger partial charge on any atom is -0.490 e. The summed E-state index contributed by atoms with van der Waals surface area (Å²) in [7, 11) is 0. The summed E-state index contributed by atoms with van der Waals surface area (Å²) in [5.41, 5.74) is -0.650. The van der Waals surface area contributed by atoms with Crippen LogP contribution < -0.4 is 4.74 Å². The molecule has 0 amide bonds. The Labute approximate surface area is 99.8 Å². The topological polar surface area (TPSA) is 9.23 Å². The molecule has 1 aromatic carbocycles. The van der Waals surface area contributed by atoms with E-state index in [-0.39, 0.29) is 6.10 Å². The van der Waals surface area contributed by atoms with E-state index in [2.05, 4.69) is 0 Å². The molecule has 1 aromatic rings. The molecule has 0 fully saturated rings. The van der Waals surface area contributed by atoms with Crippen LogP contribution in [0.15, 0.2) is 18.2 Å². The van der Waals surface area contributed by atoms with E-state index in [0.717, 1.165) is 12.1 Å². The van der Waals surface area contributed by atoms with Gasteiger partial charge in [-0.1, -0.05) is 0 Å². The monoisotopic (exact) mass is 330 g/mol. The van der Waals surface area contributed by atoms with Crippen LogP contribution in [0.2, 0.25) is 0 Å². The molecule has 0 aliphatic heterocycles. The van der Waals surface area contributed by atoms with Gasteiger partial charge in [-0.3, -0.25) is 0 Å². The van der Waals surface area contributed by atoms with Gasteiger partial charge in [0.2, 0.25) is 0 Å². The number of hydrogen-bond donors (Lipinski definition) is 0. The summed E-state index contributed by atoms with van der Waals surface area (Å²) in [4.78, 5) is 0. The predicted octanol–water partition coefficient (Wildman–Crippen LogP) is 4.10. The number of benzene rings is 1. The van der Waals surface area contributed by atoms with Gasteiger partial charge >= 0.3 is 6.18 Å². The molecule has 0 saturated heterocycles. The van der Waals surface area contributed by atoms with Crippen LogP contribution in [0.25, 0.3) is 0 Å². The zero-order chi connectivity index (χ0) is 11.6. The molecule has 0 heterocycles. The Kier molecular flexibility index (Phi) is 3.86. The Morgan fingerprint density at radius 2 is 1.87 bits per heavy atom. The summed E-state index contributed by atoms with van der Waals surface area (Å²) in [6.45, 7) is 3.65. The Morgan fingerprint density at radius 1 is 1.27 bits per heavy atom. The first-order valence-electron chi connectivity index (χ1n) is 4.34. The van der Waals surface area contributed by atoms with Crippen molar-refractivity contribution >= 4 is 22.6 Å². The minimum absolute atomic E-state index is 0.0461. The zero-order valence-corrected chi connectivity index (χ0v) is 10.4. The van der Waals surface area contributed by atoms with E-state index in [1.165, 1.54) is 6.07 Å². The third kappa shape index (κ3) is 3.55. The highest BCUT2D eigenvalue weighted by molar-refractivity contribution is 14.1. The standard InChI is InChI=1S/C10H10F3IO/c1-6(2)15-9-4-3-7(5-8(9)14)10(11,12)13/h3-6H,1-2H3. The molecule has 0 atom stereocenters. The lowest BCUT2D eigenvalue weighted by molar-refractivity contribution is -0.137. The lowest BCUT2D eigenvalue weighted by atomic mass is 10.2. The number of rotatable bonds is 2. The van der Waals surface area contributed by atoms with Gasteiger partial charge in [0.15, 0.2) is 0 Å². The van der Waals surface area contributed by atoms with Crippen LogP contribution in [0.1, 0.15) is 19.4 Å². The summed E-state index contributed by atoms with van der Waals surface area (Å²) in [5.74, 6) is 0.485. The van der Waals surface area contributed by atoms with Crippen molar-refractivity contribution in [1.29, 1.82) is 0 Å². The van der Waals surface area contributed by atoms with Crippen molar-refractivity contribution < 1.29 is 17.9 Å². The van der Waals surface area contributed by atoms with Crippen LogP contribution in [0.3, 0.4) is 0 Å². The van der Waals surface area contributed by atoms with Gasteiger partial charge < -0.3 is 4.74 Å². The number of ether oxygens (including phenoxy) is 1. The minimum atomic E-state index is -4.30. The summed E-state index contributed by atoms with van der Waals surface area (Å²) < 4.78 is 42.8. The molecule has 1 rings (SSSR count). The van der Waals surface area contributed by atoms with Crippen LogP contribution in [-0.2, 0) is 6.18 Å². The molecule has 0 unspecified atom stereocenters. The van der Waals surface area contributed by atoms with E-state index in [1.54, 1.807) is 0 Å². The van der Waals surface area contributed by atoms with Gasteiger partial charge in [-0.2, -0.15) is 13.2 Å². The summed E-state index contributed by atoms with van der Waals surface area (Å²) in [5, 5.41) is 0. The Balaban J connectivity index is 2.98. The average molecular weight is 330 g/mol. The average Bonchev–Trinajstić information content (AvgIpc) is 2.05. The van der Waals surface area contributed by atoms with Crippen LogP contribution in [0, 0.1) is 3.57 Å². The number of alkyl halides is 3.